The molecule has 1 saturated heterocycles. The number of nitrogens with zero attached hydrogens (tertiary/aromatic N) is 1. The molecule has 134 valence electrons. The minimum absolute atomic E-state index is 0.0114. The Morgan fingerprint density at radius 2 is 1.88 bits per heavy atom. The Labute approximate surface area is 148 Å². The lowest BCUT2D eigenvalue weighted by atomic mass is 9.92. The van der Waals surface area contributed by atoms with Crippen molar-refractivity contribution in [1.82, 2.24) is 4.90 Å². The van der Waals surface area contributed by atoms with Crippen LogP contribution in [0.4, 0.5) is 0 Å². The molecule has 5 heteroatoms. The SMILES string of the molecule is O=C(O)[C@H]1CN(C(=O)COc2ccc3c(c2)CCCC3)C[C@@H]1C1CC1. The molecule has 2 atom stereocenters. The fourth-order valence-electron chi connectivity index (χ4n) is 4.33. The van der Waals surface area contributed by atoms with Gasteiger partial charge in [0.05, 0.1) is 5.92 Å². The van der Waals surface area contributed by atoms with E-state index in [0.717, 1.165) is 31.4 Å². The topological polar surface area (TPSA) is 66.8 Å². The van der Waals surface area contributed by atoms with E-state index in [0.29, 0.717) is 19.0 Å². The summed E-state index contributed by atoms with van der Waals surface area (Å²) in [7, 11) is 0. The maximum Gasteiger partial charge on any atom is 0.308 e. The first-order chi connectivity index (χ1) is 12.1. The van der Waals surface area contributed by atoms with Crippen LogP contribution in [-0.4, -0.2) is 41.6 Å². The number of rotatable bonds is 5. The predicted octanol–water partition coefficient (Wildman–Crippen LogP) is 2.51. The van der Waals surface area contributed by atoms with E-state index in [1.807, 2.05) is 6.07 Å². The summed E-state index contributed by atoms with van der Waals surface area (Å²) in [6.07, 6.45) is 6.86. The summed E-state index contributed by atoms with van der Waals surface area (Å²) in [5.41, 5.74) is 2.72. The van der Waals surface area contributed by atoms with Crippen molar-refractivity contribution in [2.45, 2.75) is 38.5 Å². The van der Waals surface area contributed by atoms with Gasteiger partial charge in [0.2, 0.25) is 0 Å². The third kappa shape index (κ3) is 3.51. The lowest BCUT2D eigenvalue weighted by Gasteiger charge is -2.19. The first-order valence-electron chi connectivity index (χ1n) is 9.37. The highest BCUT2D eigenvalue weighted by Crippen LogP contribution is 2.44. The number of hydrogen-bond donors (Lipinski definition) is 1. The van der Waals surface area contributed by atoms with Gasteiger partial charge in [-0.15, -0.1) is 0 Å². The monoisotopic (exact) mass is 343 g/mol. The van der Waals surface area contributed by atoms with Crippen molar-refractivity contribution >= 4 is 11.9 Å². The minimum Gasteiger partial charge on any atom is -0.484 e. The molecule has 25 heavy (non-hydrogen) atoms. The zero-order valence-electron chi connectivity index (χ0n) is 14.4. The highest BCUT2D eigenvalue weighted by Gasteiger charge is 2.46. The molecule has 0 unspecified atom stereocenters. The minimum atomic E-state index is -0.775. The van der Waals surface area contributed by atoms with E-state index in [4.69, 9.17) is 4.74 Å². The molecule has 2 fully saturated rings. The number of amides is 1. The quantitative estimate of drug-likeness (QED) is 0.892. The molecule has 0 spiro atoms. The second-order valence-corrected chi connectivity index (χ2v) is 7.67. The molecule has 1 aromatic rings. The normalized spacial score (nSPS) is 25.5. The third-order valence-electron chi connectivity index (χ3n) is 5.94. The molecule has 2 aliphatic carbocycles. The van der Waals surface area contributed by atoms with Gasteiger partial charge in [0.25, 0.3) is 5.91 Å². The maximum absolute atomic E-state index is 12.5. The zero-order valence-corrected chi connectivity index (χ0v) is 14.4. The van der Waals surface area contributed by atoms with E-state index in [9.17, 15) is 14.7 Å². The molecule has 3 aliphatic rings. The molecule has 0 bridgehead atoms. The van der Waals surface area contributed by atoms with Gasteiger partial charge in [-0.2, -0.15) is 0 Å². The molecule has 4 rings (SSSR count). The van der Waals surface area contributed by atoms with Gasteiger partial charge in [-0.3, -0.25) is 9.59 Å². The Bertz CT molecular complexity index is 682. The van der Waals surface area contributed by atoms with E-state index >= 15 is 0 Å². The van der Waals surface area contributed by atoms with Gasteiger partial charge in [0.15, 0.2) is 6.61 Å². The van der Waals surface area contributed by atoms with Crippen LogP contribution in [0.3, 0.4) is 0 Å². The molecule has 1 amide bonds. The summed E-state index contributed by atoms with van der Waals surface area (Å²) in [6.45, 7) is 0.874. The van der Waals surface area contributed by atoms with Crippen LogP contribution in [0.25, 0.3) is 0 Å². The number of carbonyl (C=O) groups is 2. The van der Waals surface area contributed by atoms with Gasteiger partial charge in [0.1, 0.15) is 5.75 Å². The molecule has 1 N–H and O–H groups in total. The molecule has 5 nitrogen and oxygen atoms in total. The number of benzene rings is 1. The summed E-state index contributed by atoms with van der Waals surface area (Å²) in [6, 6.07) is 6.10. The van der Waals surface area contributed by atoms with Crippen molar-refractivity contribution in [2.24, 2.45) is 17.8 Å². The lowest BCUT2D eigenvalue weighted by Crippen LogP contribution is -2.34. The molecular weight excluding hydrogens is 318 g/mol. The van der Waals surface area contributed by atoms with Crippen LogP contribution >= 0.6 is 0 Å². The van der Waals surface area contributed by atoms with E-state index in [1.165, 1.54) is 24.0 Å². The predicted molar refractivity (Wildman–Crippen MR) is 92.5 cm³/mol. The fourth-order valence-corrected chi connectivity index (χ4v) is 4.33. The molecule has 1 heterocycles. The summed E-state index contributed by atoms with van der Waals surface area (Å²) < 4.78 is 5.71. The largest absolute Gasteiger partial charge is 0.484 e. The standard InChI is InChI=1S/C20H25NO4/c22-19(21-10-17(14-5-6-14)18(11-21)20(23)24)12-25-16-8-7-13-3-1-2-4-15(13)9-16/h7-9,14,17-18H,1-6,10-12H2,(H,23,24)/t17-,18+/m1/s1. The highest BCUT2D eigenvalue weighted by molar-refractivity contribution is 5.80. The maximum atomic E-state index is 12.5. The Balaban J connectivity index is 1.35. The number of likely N-dealkylation sites (tertiary alicyclic amines) is 1. The number of carboxylic acid groups (broad SMARTS) is 1. The Hall–Kier alpha value is -2.04. The average molecular weight is 343 g/mol. The van der Waals surface area contributed by atoms with Crippen LogP contribution in [0, 0.1) is 17.8 Å². The van der Waals surface area contributed by atoms with Crippen LogP contribution in [0.15, 0.2) is 18.2 Å². The van der Waals surface area contributed by atoms with Crippen molar-refractivity contribution in [2.75, 3.05) is 19.7 Å². The second kappa shape index (κ2) is 6.70. The zero-order chi connectivity index (χ0) is 17.4. The third-order valence-corrected chi connectivity index (χ3v) is 5.94. The van der Waals surface area contributed by atoms with E-state index < -0.39 is 11.9 Å². The van der Waals surface area contributed by atoms with Crippen molar-refractivity contribution in [1.29, 1.82) is 0 Å². The molecule has 1 aliphatic heterocycles. The highest BCUT2D eigenvalue weighted by atomic mass is 16.5. The van der Waals surface area contributed by atoms with Gasteiger partial charge >= 0.3 is 5.97 Å². The molecule has 0 aromatic heterocycles. The fraction of sp³-hybridized carbons (Fsp3) is 0.600. The first kappa shape index (κ1) is 16.4. The van der Waals surface area contributed by atoms with Crippen molar-refractivity contribution in [3.05, 3.63) is 29.3 Å². The first-order valence-corrected chi connectivity index (χ1v) is 9.37. The second-order valence-electron chi connectivity index (χ2n) is 7.67. The van der Waals surface area contributed by atoms with Crippen LogP contribution in [0.2, 0.25) is 0 Å². The number of hydrogen-bond acceptors (Lipinski definition) is 3. The van der Waals surface area contributed by atoms with Gasteiger partial charge in [0, 0.05) is 13.1 Å². The van der Waals surface area contributed by atoms with Crippen LogP contribution < -0.4 is 4.74 Å². The smallest absolute Gasteiger partial charge is 0.308 e. The summed E-state index contributed by atoms with van der Waals surface area (Å²) in [4.78, 5) is 25.6. The molecule has 1 aromatic carbocycles. The van der Waals surface area contributed by atoms with Gasteiger partial charge in [-0.1, -0.05) is 6.07 Å². The number of aliphatic carboxylic acids is 1. The van der Waals surface area contributed by atoms with E-state index in [2.05, 4.69) is 12.1 Å². The van der Waals surface area contributed by atoms with E-state index in [-0.39, 0.29) is 18.4 Å². The van der Waals surface area contributed by atoms with Crippen molar-refractivity contribution in [3.63, 3.8) is 0 Å². The Kier molecular flexibility index (Phi) is 4.40. The number of carboxylic acids is 1. The van der Waals surface area contributed by atoms with Crippen LogP contribution in [-0.2, 0) is 22.4 Å². The number of carbonyl (C=O) groups excluding carboxylic acids is 1. The summed E-state index contributed by atoms with van der Waals surface area (Å²) in [5, 5.41) is 9.41. The van der Waals surface area contributed by atoms with Gasteiger partial charge in [-0.25, -0.2) is 0 Å². The van der Waals surface area contributed by atoms with Gasteiger partial charge < -0.3 is 14.7 Å². The summed E-state index contributed by atoms with van der Waals surface area (Å²) >= 11 is 0. The Morgan fingerprint density at radius 3 is 2.60 bits per heavy atom. The molecule has 1 saturated carbocycles. The molecular formula is C20H25NO4. The summed E-state index contributed by atoms with van der Waals surface area (Å²) in [5.74, 6) is 0.0440. The lowest BCUT2D eigenvalue weighted by molar-refractivity contribution is -0.142. The number of ether oxygens (including phenoxy) is 1. The number of aryl methyl sites for hydroxylation is 2. The number of fused-ring (bicyclic) bond motifs is 1. The Morgan fingerprint density at radius 1 is 1.12 bits per heavy atom. The van der Waals surface area contributed by atoms with Crippen LogP contribution in [0.1, 0.15) is 36.8 Å². The van der Waals surface area contributed by atoms with Crippen molar-refractivity contribution in [3.8, 4) is 5.75 Å². The van der Waals surface area contributed by atoms with Gasteiger partial charge in [-0.05, 0) is 73.6 Å². The average Bonchev–Trinajstić information content (AvgIpc) is 3.37. The van der Waals surface area contributed by atoms with E-state index in [1.54, 1.807) is 4.90 Å². The van der Waals surface area contributed by atoms with Crippen molar-refractivity contribution < 1.29 is 19.4 Å². The molecule has 0 radical (unpaired) electrons. The van der Waals surface area contributed by atoms with Crippen LogP contribution in [0.5, 0.6) is 5.75 Å².